The van der Waals surface area contributed by atoms with Crippen LogP contribution in [-0.4, -0.2) is 50.3 Å². The SMILES string of the molecule is NCC(COc1ccc2cc(Cl)ccc2c1)N1CCN(c2cc(Cl)ccc2Cl)CC1. The number of halogens is 3. The number of benzene rings is 3. The van der Waals surface area contributed by atoms with Crippen LogP contribution in [0.25, 0.3) is 10.8 Å². The summed E-state index contributed by atoms with van der Waals surface area (Å²) >= 11 is 18.6. The lowest BCUT2D eigenvalue weighted by molar-refractivity contribution is 0.132. The van der Waals surface area contributed by atoms with Crippen LogP contribution in [0.5, 0.6) is 5.75 Å². The molecule has 1 fully saturated rings. The Morgan fingerprint density at radius 3 is 2.27 bits per heavy atom. The van der Waals surface area contributed by atoms with Crippen molar-refractivity contribution in [1.82, 2.24) is 4.90 Å². The standard InChI is InChI=1S/C23H24Cl3N3O/c24-18-3-1-17-12-21(5-2-16(17)11-18)30-15-20(14-27)28-7-9-29(10-8-28)23-13-19(25)4-6-22(23)26/h1-6,11-13,20H,7-10,14-15,27H2. The molecule has 3 aromatic rings. The molecule has 1 heterocycles. The molecule has 4 nitrogen and oxygen atoms in total. The Bertz CT molecular complexity index is 1020. The summed E-state index contributed by atoms with van der Waals surface area (Å²) in [5, 5.41) is 4.36. The highest BCUT2D eigenvalue weighted by Gasteiger charge is 2.24. The van der Waals surface area contributed by atoms with Gasteiger partial charge in [0.05, 0.1) is 16.8 Å². The molecule has 3 aromatic carbocycles. The Morgan fingerprint density at radius 1 is 0.833 bits per heavy atom. The van der Waals surface area contributed by atoms with Crippen LogP contribution in [0, 0.1) is 0 Å². The summed E-state index contributed by atoms with van der Waals surface area (Å²) in [4.78, 5) is 4.66. The molecule has 1 atom stereocenters. The zero-order valence-corrected chi connectivity index (χ0v) is 18.8. The fourth-order valence-corrected chi connectivity index (χ4v) is 4.44. The Kier molecular flexibility index (Phi) is 6.91. The van der Waals surface area contributed by atoms with Gasteiger partial charge < -0.3 is 15.4 Å². The van der Waals surface area contributed by atoms with Crippen molar-refractivity contribution < 1.29 is 4.74 Å². The van der Waals surface area contributed by atoms with Gasteiger partial charge in [0.25, 0.3) is 0 Å². The van der Waals surface area contributed by atoms with Gasteiger partial charge in [-0.25, -0.2) is 0 Å². The number of ether oxygens (including phenoxy) is 1. The molecule has 0 saturated carbocycles. The number of piperazine rings is 1. The first-order valence-corrected chi connectivity index (χ1v) is 11.1. The van der Waals surface area contributed by atoms with Gasteiger partial charge in [0.1, 0.15) is 12.4 Å². The number of nitrogens with two attached hydrogens (primary N) is 1. The number of hydrogen-bond acceptors (Lipinski definition) is 4. The van der Waals surface area contributed by atoms with E-state index in [2.05, 4.69) is 9.80 Å². The van der Waals surface area contributed by atoms with E-state index in [1.807, 2.05) is 54.6 Å². The van der Waals surface area contributed by atoms with Crippen LogP contribution in [0.4, 0.5) is 5.69 Å². The fraction of sp³-hybridized carbons (Fsp3) is 0.304. The summed E-state index contributed by atoms with van der Waals surface area (Å²) in [7, 11) is 0. The van der Waals surface area contributed by atoms with Crippen molar-refractivity contribution in [3.8, 4) is 5.75 Å². The molecule has 2 N–H and O–H groups in total. The summed E-state index contributed by atoms with van der Waals surface area (Å²) < 4.78 is 6.09. The topological polar surface area (TPSA) is 41.7 Å². The molecule has 1 unspecified atom stereocenters. The summed E-state index contributed by atoms with van der Waals surface area (Å²) in [6, 6.07) is 17.6. The number of rotatable bonds is 6. The molecular weight excluding hydrogens is 441 g/mol. The molecule has 0 radical (unpaired) electrons. The minimum Gasteiger partial charge on any atom is -0.492 e. The lowest BCUT2D eigenvalue weighted by Gasteiger charge is -2.40. The van der Waals surface area contributed by atoms with E-state index >= 15 is 0 Å². The molecule has 0 aromatic heterocycles. The Labute approximate surface area is 192 Å². The van der Waals surface area contributed by atoms with Crippen LogP contribution >= 0.6 is 34.8 Å². The number of fused-ring (bicyclic) bond motifs is 1. The van der Waals surface area contributed by atoms with Crippen LogP contribution < -0.4 is 15.4 Å². The van der Waals surface area contributed by atoms with E-state index in [1.54, 1.807) is 0 Å². The predicted octanol–water partition coefficient (Wildman–Crippen LogP) is 5.33. The van der Waals surface area contributed by atoms with Crippen LogP contribution in [0.15, 0.2) is 54.6 Å². The van der Waals surface area contributed by atoms with Gasteiger partial charge in [0, 0.05) is 42.8 Å². The van der Waals surface area contributed by atoms with Crippen molar-refractivity contribution in [2.45, 2.75) is 6.04 Å². The van der Waals surface area contributed by atoms with Gasteiger partial charge in [0.15, 0.2) is 0 Å². The van der Waals surface area contributed by atoms with Gasteiger partial charge in [-0.15, -0.1) is 0 Å². The predicted molar refractivity (Wildman–Crippen MR) is 128 cm³/mol. The van der Waals surface area contributed by atoms with Crippen LogP contribution in [-0.2, 0) is 0 Å². The lowest BCUT2D eigenvalue weighted by atomic mass is 10.1. The van der Waals surface area contributed by atoms with Gasteiger partial charge in [-0.3, -0.25) is 4.90 Å². The van der Waals surface area contributed by atoms with Crippen molar-refractivity contribution in [3.63, 3.8) is 0 Å². The van der Waals surface area contributed by atoms with Crippen molar-refractivity contribution in [2.24, 2.45) is 5.73 Å². The van der Waals surface area contributed by atoms with Crippen molar-refractivity contribution in [2.75, 3.05) is 44.2 Å². The quantitative estimate of drug-likeness (QED) is 0.535. The number of hydrogen-bond donors (Lipinski definition) is 1. The van der Waals surface area contributed by atoms with E-state index in [9.17, 15) is 0 Å². The normalized spacial score (nSPS) is 16.1. The van der Waals surface area contributed by atoms with E-state index in [1.165, 1.54) is 0 Å². The van der Waals surface area contributed by atoms with Crippen LogP contribution in [0.2, 0.25) is 15.1 Å². The van der Waals surface area contributed by atoms with Gasteiger partial charge in [-0.1, -0.05) is 46.9 Å². The maximum Gasteiger partial charge on any atom is 0.120 e. The third-order valence-corrected chi connectivity index (χ3v) is 6.36. The number of anilines is 1. The molecular formula is C23H24Cl3N3O. The molecule has 1 aliphatic rings. The maximum absolute atomic E-state index is 6.36. The average Bonchev–Trinajstić information content (AvgIpc) is 2.76. The maximum atomic E-state index is 6.36. The Hall–Kier alpha value is -1.69. The third kappa shape index (κ3) is 4.96. The molecule has 7 heteroatoms. The van der Waals surface area contributed by atoms with E-state index in [0.717, 1.165) is 58.4 Å². The molecule has 30 heavy (non-hydrogen) atoms. The summed E-state index contributed by atoms with van der Waals surface area (Å²) in [6.07, 6.45) is 0. The molecule has 0 amide bonds. The van der Waals surface area contributed by atoms with E-state index in [0.29, 0.717) is 18.2 Å². The first-order chi connectivity index (χ1) is 14.5. The van der Waals surface area contributed by atoms with Crippen LogP contribution in [0.3, 0.4) is 0 Å². The second-order valence-electron chi connectivity index (χ2n) is 7.47. The average molecular weight is 465 g/mol. The molecule has 1 aliphatic heterocycles. The zero-order valence-electron chi connectivity index (χ0n) is 16.5. The first-order valence-electron chi connectivity index (χ1n) is 10.00. The fourth-order valence-electron chi connectivity index (χ4n) is 3.86. The van der Waals surface area contributed by atoms with Gasteiger partial charge >= 0.3 is 0 Å². The Balaban J connectivity index is 1.36. The Morgan fingerprint density at radius 2 is 1.50 bits per heavy atom. The van der Waals surface area contributed by atoms with E-state index in [-0.39, 0.29) is 6.04 Å². The van der Waals surface area contributed by atoms with E-state index in [4.69, 9.17) is 45.3 Å². The van der Waals surface area contributed by atoms with Gasteiger partial charge in [-0.05, 0) is 53.2 Å². The van der Waals surface area contributed by atoms with Crippen molar-refractivity contribution in [3.05, 3.63) is 69.7 Å². The van der Waals surface area contributed by atoms with E-state index < -0.39 is 0 Å². The number of nitrogens with zero attached hydrogens (tertiary/aromatic N) is 2. The smallest absolute Gasteiger partial charge is 0.120 e. The minimum atomic E-state index is 0.155. The molecule has 0 aliphatic carbocycles. The molecule has 0 bridgehead atoms. The molecule has 0 spiro atoms. The summed E-state index contributed by atoms with van der Waals surface area (Å²) in [5.41, 5.74) is 7.06. The monoisotopic (exact) mass is 463 g/mol. The summed E-state index contributed by atoms with van der Waals surface area (Å²) in [6.45, 7) is 4.61. The zero-order chi connectivity index (χ0) is 21.1. The highest BCUT2D eigenvalue weighted by molar-refractivity contribution is 6.35. The van der Waals surface area contributed by atoms with Gasteiger partial charge in [-0.2, -0.15) is 0 Å². The van der Waals surface area contributed by atoms with Gasteiger partial charge in [0.2, 0.25) is 0 Å². The minimum absolute atomic E-state index is 0.155. The second-order valence-corrected chi connectivity index (χ2v) is 8.75. The lowest BCUT2D eigenvalue weighted by Crippen LogP contribution is -2.54. The highest BCUT2D eigenvalue weighted by atomic mass is 35.5. The van der Waals surface area contributed by atoms with Crippen molar-refractivity contribution >= 4 is 51.3 Å². The summed E-state index contributed by atoms with van der Waals surface area (Å²) in [5.74, 6) is 0.840. The molecule has 4 rings (SSSR count). The third-order valence-electron chi connectivity index (χ3n) is 5.57. The van der Waals surface area contributed by atoms with Crippen LogP contribution in [0.1, 0.15) is 0 Å². The second kappa shape index (κ2) is 9.63. The molecule has 158 valence electrons. The first kappa shape index (κ1) is 21.5. The van der Waals surface area contributed by atoms with Crippen molar-refractivity contribution in [1.29, 1.82) is 0 Å². The largest absolute Gasteiger partial charge is 0.492 e. The highest BCUT2D eigenvalue weighted by Crippen LogP contribution is 2.30. The molecule has 1 saturated heterocycles.